The quantitative estimate of drug-likeness (QED) is 0.591. The van der Waals surface area contributed by atoms with E-state index in [4.69, 9.17) is 0 Å². The van der Waals surface area contributed by atoms with Gasteiger partial charge in [-0.1, -0.05) is 18.2 Å². The number of rotatable bonds is 6. The van der Waals surface area contributed by atoms with Crippen molar-refractivity contribution in [3.63, 3.8) is 0 Å². The van der Waals surface area contributed by atoms with E-state index in [1.165, 1.54) is 12.1 Å². The van der Waals surface area contributed by atoms with E-state index in [1.54, 1.807) is 6.07 Å². The maximum absolute atomic E-state index is 13.3. The van der Waals surface area contributed by atoms with Gasteiger partial charge in [0.15, 0.2) is 5.96 Å². The summed E-state index contributed by atoms with van der Waals surface area (Å²) in [5.74, 6) is 1.50. The topological polar surface area (TPSA) is 55.8 Å². The molecule has 1 aliphatic rings. The Balaban J connectivity index is 1.56. The van der Waals surface area contributed by atoms with Gasteiger partial charge in [-0.15, -0.1) is 0 Å². The van der Waals surface area contributed by atoms with Gasteiger partial charge in [-0.3, -0.25) is 0 Å². The van der Waals surface area contributed by atoms with E-state index in [0.717, 1.165) is 49.7 Å². The van der Waals surface area contributed by atoms with Crippen molar-refractivity contribution in [2.75, 3.05) is 44.7 Å². The molecule has 1 aliphatic heterocycles. The van der Waals surface area contributed by atoms with Crippen LogP contribution < -0.4 is 15.5 Å². The Bertz CT molecular complexity index is 769. The van der Waals surface area contributed by atoms with Crippen molar-refractivity contribution in [1.29, 1.82) is 0 Å². The number of halogens is 1. The number of aliphatic imine (C=N–C) groups is 1. The molecule has 2 N–H and O–H groups in total. The van der Waals surface area contributed by atoms with Crippen molar-refractivity contribution in [3.8, 4) is 0 Å². The van der Waals surface area contributed by atoms with Crippen LogP contribution >= 0.6 is 0 Å². The maximum atomic E-state index is 13.3. The van der Waals surface area contributed by atoms with Gasteiger partial charge in [0, 0.05) is 45.5 Å². The van der Waals surface area contributed by atoms with Crippen LogP contribution in [0.2, 0.25) is 0 Å². The number of likely N-dealkylation sites (N-methyl/N-ethyl adjacent to an activating group) is 1. The molecule has 6 nitrogen and oxygen atoms in total. The van der Waals surface area contributed by atoms with Crippen molar-refractivity contribution in [2.45, 2.75) is 20.0 Å². The number of hydrogen-bond donors (Lipinski definition) is 2. The lowest BCUT2D eigenvalue weighted by Gasteiger charge is -2.33. The zero-order valence-electron chi connectivity index (χ0n) is 16.7. The molecule has 0 amide bonds. The van der Waals surface area contributed by atoms with E-state index in [9.17, 15) is 4.39 Å². The summed E-state index contributed by atoms with van der Waals surface area (Å²) in [4.78, 5) is 13.9. The highest BCUT2D eigenvalue weighted by Gasteiger charge is 2.14. The Hall–Kier alpha value is -2.67. The molecular weight excluding hydrogens is 355 g/mol. The average Bonchev–Trinajstić information content (AvgIpc) is 2.71. The van der Waals surface area contributed by atoms with E-state index < -0.39 is 0 Å². The molecule has 0 atom stereocenters. The van der Waals surface area contributed by atoms with E-state index in [1.807, 2.05) is 19.2 Å². The number of nitrogens with one attached hydrogen (secondary N) is 2. The minimum atomic E-state index is -0.229. The molecule has 7 heteroatoms. The summed E-state index contributed by atoms with van der Waals surface area (Å²) in [6.07, 6.45) is 1.90. The number of guanidine groups is 1. The van der Waals surface area contributed by atoms with Crippen molar-refractivity contribution in [2.24, 2.45) is 4.99 Å². The Kier molecular flexibility index (Phi) is 7.19. The van der Waals surface area contributed by atoms with Gasteiger partial charge < -0.3 is 20.4 Å². The molecule has 0 unspecified atom stereocenters. The summed E-state index contributed by atoms with van der Waals surface area (Å²) in [5, 5.41) is 6.46. The van der Waals surface area contributed by atoms with Crippen LogP contribution in [0.3, 0.4) is 0 Å². The second-order valence-corrected chi connectivity index (χ2v) is 6.99. The fourth-order valence-electron chi connectivity index (χ4n) is 3.08. The Labute approximate surface area is 166 Å². The highest BCUT2D eigenvalue weighted by Crippen LogP contribution is 2.14. The van der Waals surface area contributed by atoms with E-state index >= 15 is 0 Å². The van der Waals surface area contributed by atoms with Gasteiger partial charge in [-0.05, 0) is 43.3 Å². The van der Waals surface area contributed by atoms with Gasteiger partial charge in [0.05, 0.1) is 6.54 Å². The van der Waals surface area contributed by atoms with E-state index in [-0.39, 0.29) is 5.82 Å². The molecule has 0 aliphatic carbocycles. The molecule has 1 saturated heterocycles. The molecule has 0 saturated carbocycles. The minimum absolute atomic E-state index is 0.229. The lowest BCUT2D eigenvalue weighted by atomic mass is 10.2. The third-order valence-corrected chi connectivity index (χ3v) is 4.75. The molecule has 0 radical (unpaired) electrons. The van der Waals surface area contributed by atoms with Gasteiger partial charge in [-0.25, -0.2) is 14.4 Å². The monoisotopic (exact) mass is 384 g/mol. The molecule has 1 aromatic carbocycles. The molecular formula is C21H29FN6. The predicted molar refractivity (Wildman–Crippen MR) is 112 cm³/mol. The highest BCUT2D eigenvalue weighted by molar-refractivity contribution is 5.79. The zero-order valence-corrected chi connectivity index (χ0v) is 16.7. The van der Waals surface area contributed by atoms with E-state index in [0.29, 0.717) is 19.0 Å². The fraction of sp³-hybridized carbons (Fsp3) is 0.429. The van der Waals surface area contributed by atoms with Crippen LogP contribution in [-0.2, 0) is 13.1 Å². The summed E-state index contributed by atoms with van der Waals surface area (Å²) in [6.45, 7) is 7.98. The predicted octanol–water partition coefficient (Wildman–Crippen LogP) is 2.23. The summed E-state index contributed by atoms with van der Waals surface area (Å²) < 4.78 is 13.3. The number of benzene rings is 1. The zero-order chi connectivity index (χ0) is 19.8. The van der Waals surface area contributed by atoms with Crippen LogP contribution in [0.1, 0.15) is 18.1 Å². The van der Waals surface area contributed by atoms with Crippen LogP contribution in [0, 0.1) is 5.82 Å². The lowest BCUT2D eigenvalue weighted by molar-refractivity contribution is 0.312. The fourth-order valence-corrected chi connectivity index (χ4v) is 3.08. The lowest BCUT2D eigenvalue weighted by Crippen LogP contribution is -2.44. The molecule has 28 heavy (non-hydrogen) atoms. The van der Waals surface area contributed by atoms with E-state index in [2.05, 4.69) is 49.6 Å². The number of anilines is 1. The van der Waals surface area contributed by atoms with Gasteiger partial charge >= 0.3 is 0 Å². The SMILES string of the molecule is CCNC(=NCc1ccc(N2CCN(C)CC2)nc1)NCc1cccc(F)c1. The molecule has 150 valence electrons. The Morgan fingerprint density at radius 3 is 2.61 bits per heavy atom. The van der Waals surface area contributed by atoms with Crippen LogP contribution in [-0.4, -0.2) is 55.6 Å². The van der Waals surface area contributed by atoms with Crippen molar-refractivity contribution in [1.82, 2.24) is 20.5 Å². The minimum Gasteiger partial charge on any atom is -0.357 e. The normalized spacial score (nSPS) is 15.5. The molecule has 1 fully saturated rings. The third kappa shape index (κ3) is 5.92. The summed E-state index contributed by atoms with van der Waals surface area (Å²) >= 11 is 0. The highest BCUT2D eigenvalue weighted by atomic mass is 19.1. The summed E-state index contributed by atoms with van der Waals surface area (Å²) in [7, 11) is 2.15. The number of piperazine rings is 1. The van der Waals surface area contributed by atoms with Crippen molar-refractivity contribution < 1.29 is 4.39 Å². The Morgan fingerprint density at radius 1 is 1.11 bits per heavy atom. The maximum Gasteiger partial charge on any atom is 0.191 e. The molecule has 3 rings (SSSR count). The molecule has 0 bridgehead atoms. The van der Waals surface area contributed by atoms with Crippen molar-refractivity contribution in [3.05, 3.63) is 59.5 Å². The summed E-state index contributed by atoms with van der Waals surface area (Å²) in [6, 6.07) is 10.7. The second-order valence-electron chi connectivity index (χ2n) is 6.99. The summed E-state index contributed by atoms with van der Waals surface area (Å²) in [5.41, 5.74) is 1.93. The third-order valence-electron chi connectivity index (χ3n) is 4.75. The van der Waals surface area contributed by atoms with Crippen LogP contribution in [0.4, 0.5) is 10.2 Å². The van der Waals surface area contributed by atoms with Crippen LogP contribution in [0.15, 0.2) is 47.6 Å². The first kappa shape index (κ1) is 20.1. The second kappa shape index (κ2) is 10.0. The first-order valence-corrected chi connectivity index (χ1v) is 9.79. The van der Waals surface area contributed by atoms with Gasteiger partial charge in [0.25, 0.3) is 0 Å². The van der Waals surface area contributed by atoms with Crippen LogP contribution in [0.25, 0.3) is 0 Å². The van der Waals surface area contributed by atoms with Gasteiger partial charge in [-0.2, -0.15) is 0 Å². The standard InChI is InChI=1S/C21H29FN6/c1-3-23-21(25-14-17-5-4-6-19(22)13-17)26-16-18-7-8-20(24-15-18)28-11-9-27(2)10-12-28/h4-8,13,15H,3,9-12,14,16H2,1-2H3,(H2,23,25,26). The average molecular weight is 385 g/mol. The number of nitrogens with zero attached hydrogens (tertiary/aromatic N) is 4. The smallest absolute Gasteiger partial charge is 0.191 e. The number of hydrogen-bond acceptors (Lipinski definition) is 4. The van der Waals surface area contributed by atoms with Crippen molar-refractivity contribution >= 4 is 11.8 Å². The largest absolute Gasteiger partial charge is 0.357 e. The Morgan fingerprint density at radius 2 is 1.93 bits per heavy atom. The van der Waals surface area contributed by atoms with Gasteiger partial charge in [0.2, 0.25) is 0 Å². The van der Waals surface area contributed by atoms with Gasteiger partial charge in [0.1, 0.15) is 11.6 Å². The molecule has 2 heterocycles. The first-order valence-electron chi connectivity index (χ1n) is 9.79. The first-order chi connectivity index (χ1) is 13.6. The number of pyridine rings is 1. The molecule has 1 aromatic heterocycles. The van der Waals surface area contributed by atoms with Crippen LogP contribution in [0.5, 0.6) is 0 Å². The molecule has 0 spiro atoms. The number of aromatic nitrogens is 1. The molecule has 2 aromatic rings.